The summed E-state index contributed by atoms with van der Waals surface area (Å²) < 4.78 is 1.77. The fraction of sp³-hybridized carbons (Fsp3) is 0.417. The molecule has 1 aliphatic rings. The summed E-state index contributed by atoms with van der Waals surface area (Å²) in [6.45, 7) is 0. The van der Waals surface area contributed by atoms with Crippen molar-refractivity contribution in [2.75, 3.05) is 0 Å². The number of fused-ring (bicyclic) bond motifs is 1. The van der Waals surface area contributed by atoms with E-state index in [1.165, 1.54) is 12.8 Å². The van der Waals surface area contributed by atoms with Crippen LogP contribution in [0.5, 0.6) is 0 Å². The van der Waals surface area contributed by atoms with Gasteiger partial charge in [0.2, 0.25) is 0 Å². The summed E-state index contributed by atoms with van der Waals surface area (Å²) in [6, 6.07) is 0.377. The molecule has 0 atom stereocenters. The Labute approximate surface area is 105 Å². The highest BCUT2D eigenvalue weighted by molar-refractivity contribution is 6.04. The zero-order chi connectivity index (χ0) is 12.4. The van der Waals surface area contributed by atoms with E-state index in [1.54, 1.807) is 23.1 Å². The first-order chi connectivity index (χ1) is 8.88. The van der Waals surface area contributed by atoms with Gasteiger partial charge in [-0.1, -0.05) is 12.8 Å². The standard InChI is InChI=1S/C12H16N6/c13-17-12(16-9-3-1-2-4-9)10-7-15-18-6-5-14-8-11(10)18/h5-9H,1-4,13H2,(H,16,17). The van der Waals surface area contributed by atoms with E-state index in [0.717, 1.165) is 23.9 Å². The minimum absolute atomic E-state index is 0.377. The van der Waals surface area contributed by atoms with E-state index in [4.69, 9.17) is 5.84 Å². The van der Waals surface area contributed by atoms with E-state index >= 15 is 0 Å². The molecule has 94 valence electrons. The summed E-state index contributed by atoms with van der Waals surface area (Å²) in [5, 5.41) is 4.26. The number of aliphatic imine (C=N–C) groups is 1. The molecule has 0 spiro atoms. The molecule has 0 aromatic carbocycles. The van der Waals surface area contributed by atoms with Gasteiger partial charge in [-0.2, -0.15) is 5.10 Å². The van der Waals surface area contributed by atoms with Crippen molar-refractivity contribution in [2.45, 2.75) is 31.7 Å². The molecule has 0 amide bonds. The zero-order valence-electron chi connectivity index (χ0n) is 10.1. The van der Waals surface area contributed by atoms with Crippen molar-refractivity contribution in [1.29, 1.82) is 0 Å². The van der Waals surface area contributed by atoms with Crippen LogP contribution < -0.4 is 11.3 Å². The number of hydrazine groups is 1. The van der Waals surface area contributed by atoms with Crippen LogP contribution in [0.15, 0.2) is 29.8 Å². The second-order valence-electron chi connectivity index (χ2n) is 4.52. The van der Waals surface area contributed by atoms with Crippen molar-refractivity contribution in [3.05, 3.63) is 30.4 Å². The quantitative estimate of drug-likeness (QED) is 0.356. The van der Waals surface area contributed by atoms with Gasteiger partial charge >= 0.3 is 0 Å². The molecule has 3 N–H and O–H groups in total. The maximum atomic E-state index is 5.59. The first-order valence-electron chi connectivity index (χ1n) is 6.20. The van der Waals surface area contributed by atoms with Crippen molar-refractivity contribution < 1.29 is 0 Å². The number of hydrogen-bond donors (Lipinski definition) is 2. The van der Waals surface area contributed by atoms with E-state index < -0.39 is 0 Å². The minimum Gasteiger partial charge on any atom is -0.308 e. The molecule has 2 aromatic heterocycles. The summed E-state index contributed by atoms with van der Waals surface area (Å²) in [4.78, 5) is 8.80. The molecule has 0 unspecified atom stereocenters. The highest BCUT2D eigenvalue weighted by Gasteiger charge is 2.17. The van der Waals surface area contributed by atoms with Crippen LogP contribution in [-0.4, -0.2) is 26.5 Å². The van der Waals surface area contributed by atoms with Gasteiger partial charge in [0.25, 0.3) is 0 Å². The maximum Gasteiger partial charge on any atom is 0.146 e. The van der Waals surface area contributed by atoms with Crippen LogP contribution in [-0.2, 0) is 0 Å². The molecule has 1 saturated carbocycles. The van der Waals surface area contributed by atoms with Crippen LogP contribution in [0, 0.1) is 0 Å². The Balaban J connectivity index is 2.00. The van der Waals surface area contributed by atoms with Crippen molar-refractivity contribution in [3.8, 4) is 0 Å². The Morgan fingerprint density at radius 3 is 3.00 bits per heavy atom. The lowest BCUT2D eigenvalue weighted by molar-refractivity contribution is 0.701. The Kier molecular flexibility index (Phi) is 2.93. The van der Waals surface area contributed by atoms with Crippen LogP contribution in [0.3, 0.4) is 0 Å². The molecular weight excluding hydrogens is 228 g/mol. The molecule has 0 radical (unpaired) electrons. The molecule has 2 heterocycles. The smallest absolute Gasteiger partial charge is 0.146 e. The molecule has 2 aromatic rings. The van der Waals surface area contributed by atoms with Gasteiger partial charge in [0, 0.05) is 12.4 Å². The summed E-state index contributed by atoms with van der Waals surface area (Å²) in [6.07, 6.45) is 11.8. The average Bonchev–Trinajstić information content (AvgIpc) is 3.05. The van der Waals surface area contributed by atoms with Crippen LogP contribution >= 0.6 is 0 Å². The number of nitrogens with two attached hydrogens (primary N) is 1. The molecule has 0 bridgehead atoms. The molecule has 0 saturated heterocycles. The number of nitrogens with zero attached hydrogens (tertiary/aromatic N) is 4. The largest absolute Gasteiger partial charge is 0.308 e. The third-order valence-corrected chi connectivity index (χ3v) is 3.35. The molecule has 1 fully saturated rings. The lowest BCUT2D eigenvalue weighted by Crippen LogP contribution is -2.32. The van der Waals surface area contributed by atoms with Crippen LogP contribution in [0.4, 0.5) is 0 Å². The number of hydrogen-bond acceptors (Lipinski definition) is 4. The first-order valence-corrected chi connectivity index (χ1v) is 6.20. The van der Waals surface area contributed by atoms with Crippen molar-refractivity contribution in [3.63, 3.8) is 0 Å². The van der Waals surface area contributed by atoms with Crippen molar-refractivity contribution in [2.24, 2.45) is 10.8 Å². The van der Waals surface area contributed by atoms with Crippen LogP contribution in [0.25, 0.3) is 5.52 Å². The number of nitrogens with one attached hydrogen (secondary N) is 1. The molecule has 6 heteroatoms. The number of rotatable bonds is 2. The normalized spacial score (nSPS) is 17.5. The minimum atomic E-state index is 0.377. The lowest BCUT2D eigenvalue weighted by atomic mass is 10.2. The van der Waals surface area contributed by atoms with Gasteiger partial charge in [-0.15, -0.1) is 0 Å². The van der Waals surface area contributed by atoms with Crippen molar-refractivity contribution in [1.82, 2.24) is 20.0 Å². The Bertz CT molecular complexity index is 567. The SMILES string of the molecule is NNC(=NC1CCCC1)c1cnn2ccncc12. The van der Waals surface area contributed by atoms with Crippen molar-refractivity contribution >= 4 is 11.4 Å². The van der Waals surface area contributed by atoms with Gasteiger partial charge in [-0.3, -0.25) is 9.98 Å². The van der Waals surface area contributed by atoms with Crippen LogP contribution in [0.2, 0.25) is 0 Å². The number of aromatic nitrogens is 3. The van der Waals surface area contributed by atoms with E-state index in [2.05, 4.69) is 20.5 Å². The highest BCUT2D eigenvalue weighted by Crippen LogP contribution is 2.22. The Morgan fingerprint density at radius 2 is 2.22 bits per heavy atom. The van der Waals surface area contributed by atoms with Gasteiger partial charge in [0.05, 0.1) is 29.5 Å². The second-order valence-corrected chi connectivity index (χ2v) is 4.52. The lowest BCUT2D eigenvalue weighted by Gasteiger charge is -2.08. The maximum absolute atomic E-state index is 5.59. The fourth-order valence-corrected chi connectivity index (χ4v) is 2.42. The van der Waals surface area contributed by atoms with Gasteiger partial charge < -0.3 is 5.43 Å². The zero-order valence-corrected chi connectivity index (χ0v) is 10.1. The summed E-state index contributed by atoms with van der Waals surface area (Å²) in [7, 11) is 0. The van der Waals surface area contributed by atoms with E-state index in [9.17, 15) is 0 Å². The summed E-state index contributed by atoms with van der Waals surface area (Å²) in [5.41, 5.74) is 4.50. The van der Waals surface area contributed by atoms with Gasteiger partial charge in [0.1, 0.15) is 5.84 Å². The average molecular weight is 244 g/mol. The molecule has 3 rings (SSSR count). The van der Waals surface area contributed by atoms with E-state index in [0.29, 0.717) is 11.9 Å². The topological polar surface area (TPSA) is 80.6 Å². The predicted molar refractivity (Wildman–Crippen MR) is 69.1 cm³/mol. The molecule has 6 nitrogen and oxygen atoms in total. The predicted octanol–water partition coefficient (Wildman–Crippen LogP) is 0.882. The molecular formula is C12H16N6. The van der Waals surface area contributed by atoms with E-state index in [-0.39, 0.29) is 0 Å². The monoisotopic (exact) mass is 244 g/mol. The third-order valence-electron chi connectivity index (χ3n) is 3.35. The van der Waals surface area contributed by atoms with Crippen LogP contribution in [0.1, 0.15) is 31.2 Å². The Morgan fingerprint density at radius 1 is 1.39 bits per heavy atom. The highest BCUT2D eigenvalue weighted by atomic mass is 15.3. The Hall–Kier alpha value is -1.95. The molecule has 0 aliphatic heterocycles. The molecule has 1 aliphatic carbocycles. The van der Waals surface area contributed by atoms with Gasteiger partial charge in [-0.25, -0.2) is 10.4 Å². The first kappa shape index (κ1) is 11.2. The third kappa shape index (κ3) is 1.95. The molecule has 18 heavy (non-hydrogen) atoms. The van der Waals surface area contributed by atoms with Gasteiger partial charge in [0.15, 0.2) is 0 Å². The van der Waals surface area contributed by atoms with Gasteiger partial charge in [-0.05, 0) is 12.8 Å². The number of amidine groups is 1. The summed E-state index contributed by atoms with van der Waals surface area (Å²) in [5.74, 6) is 6.29. The summed E-state index contributed by atoms with van der Waals surface area (Å²) >= 11 is 0. The fourth-order valence-electron chi connectivity index (χ4n) is 2.42. The van der Waals surface area contributed by atoms with E-state index in [1.807, 2.05) is 6.20 Å². The second kappa shape index (κ2) is 4.73.